The topological polar surface area (TPSA) is 211 Å². The zero-order chi connectivity index (χ0) is 26.6. The van der Waals surface area contributed by atoms with Gasteiger partial charge < -0.3 is 15.2 Å². The molecule has 38 heavy (non-hydrogen) atoms. The van der Waals surface area contributed by atoms with Crippen LogP contribution in [0.4, 0.5) is 17.1 Å². The third kappa shape index (κ3) is 4.84. The van der Waals surface area contributed by atoms with Crippen molar-refractivity contribution in [3.05, 3.63) is 85.4 Å². The lowest BCUT2D eigenvalue weighted by Gasteiger charge is -2.09. The Morgan fingerprint density at radius 1 is 1.11 bits per heavy atom. The first-order chi connectivity index (χ1) is 18.5. The zero-order valence-corrected chi connectivity index (χ0v) is 21.0. The van der Waals surface area contributed by atoms with Gasteiger partial charge in [0.05, 0.1) is 28.4 Å². The second-order valence-corrected chi connectivity index (χ2v) is 8.78. The van der Waals surface area contributed by atoms with E-state index in [0.29, 0.717) is 48.3 Å². The molecule has 2 heterocycles. The number of nitrogens with one attached hydrogen (secondary N) is 3. The van der Waals surface area contributed by atoms with Crippen LogP contribution in [0.15, 0.2) is 64.2 Å². The standard InChI is InChI=1S/C23H12IN11O3/c24-16-8-12(2-5-18(16)29-33-26)22(36)27-13-3-6-19-15(9-13)20(32-38-19)23(37)28-17-4-1-11(10-25)7-14(17)21-30-34-35-31-21/h1-9H,(H,27,36)(H,28,37)(H,30,31,34,35). The molecular weight excluding hydrogens is 605 g/mol. The van der Waals surface area contributed by atoms with Crippen LogP contribution in [-0.4, -0.2) is 37.6 Å². The number of anilines is 2. The molecule has 2 amide bonds. The molecule has 184 valence electrons. The molecule has 0 saturated heterocycles. The van der Waals surface area contributed by atoms with Gasteiger partial charge >= 0.3 is 0 Å². The van der Waals surface area contributed by atoms with Gasteiger partial charge in [0.1, 0.15) is 0 Å². The largest absolute Gasteiger partial charge is 0.355 e. The Kier molecular flexibility index (Phi) is 6.63. The number of tetrazole rings is 1. The van der Waals surface area contributed by atoms with Crippen molar-refractivity contribution >= 4 is 62.4 Å². The highest BCUT2D eigenvalue weighted by Crippen LogP contribution is 2.29. The minimum absolute atomic E-state index is 0.0206. The molecule has 3 N–H and O–H groups in total. The molecule has 5 aromatic rings. The van der Waals surface area contributed by atoms with Gasteiger partial charge in [-0.1, -0.05) is 16.3 Å². The molecule has 2 aromatic heterocycles. The summed E-state index contributed by atoms with van der Waals surface area (Å²) in [7, 11) is 0. The van der Waals surface area contributed by atoms with Crippen LogP contribution >= 0.6 is 22.6 Å². The molecule has 0 aliphatic carbocycles. The first-order valence-corrected chi connectivity index (χ1v) is 11.7. The highest BCUT2D eigenvalue weighted by atomic mass is 127. The first kappa shape index (κ1) is 24.4. The fourth-order valence-corrected chi connectivity index (χ4v) is 4.15. The second kappa shape index (κ2) is 10.3. The minimum atomic E-state index is -0.593. The van der Waals surface area contributed by atoms with E-state index in [1.165, 1.54) is 18.2 Å². The van der Waals surface area contributed by atoms with Crippen LogP contribution in [0.25, 0.3) is 32.8 Å². The number of halogens is 1. The number of fused-ring (bicyclic) bond motifs is 1. The number of amides is 2. The number of benzene rings is 3. The molecule has 3 aromatic carbocycles. The summed E-state index contributed by atoms with van der Waals surface area (Å²) < 4.78 is 5.91. The number of nitriles is 1. The normalized spacial score (nSPS) is 10.4. The van der Waals surface area contributed by atoms with Crippen LogP contribution in [-0.2, 0) is 0 Å². The number of aromatic nitrogens is 5. The maximum Gasteiger partial charge on any atom is 0.278 e. The number of H-pyrrole nitrogens is 1. The lowest BCUT2D eigenvalue weighted by Crippen LogP contribution is -2.14. The molecule has 14 nitrogen and oxygen atoms in total. The van der Waals surface area contributed by atoms with Crippen molar-refractivity contribution in [2.24, 2.45) is 5.11 Å². The van der Waals surface area contributed by atoms with Gasteiger partial charge in [0.25, 0.3) is 11.8 Å². The van der Waals surface area contributed by atoms with Gasteiger partial charge in [-0.2, -0.15) is 10.5 Å². The molecule has 0 spiro atoms. The van der Waals surface area contributed by atoms with Gasteiger partial charge in [-0.15, -0.1) is 10.2 Å². The number of rotatable bonds is 6. The van der Waals surface area contributed by atoms with E-state index in [-0.39, 0.29) is 11.5 Å². The van der Waals surface area contributed by atoms with Crippen LogP contribution < -0.4 is 10.6 Å². The van der Waals surface area contributed by atoms with Gasteiger partial charge in [0, 0.05) is 25.3 Å². The van der Waals surface area contributed by atoms with Gasteiger partial charge in [0.15, 0.2) is 11.3 Å². The summed E-state index contributed by atoms with van der Waals surface area (Å²) in [4.78, 5) is 28.7. The summed E-state index contributed by atoms with van der Waals surface area (Å²) in [5, 5.41) is 36.3. The number of carbonyl (C=O) groups is 2. The number of hydrogen-bond acceptors (Lipinski definition) is 9. The number of nitrogens with zero attached hydrogens (tertiary/aromatic N) is 8. The van der Waals surface area contributed by atoms with E-state index in [2.05, 4.69) is 46.4 Å². The van der Waals surface area contributed by atoms with E-state index in [1.807, 2.05) is 28.7 Å². The summed E-state index contributed by atoms with van der Waals surface area (Å²) in [6, 6.07) is 16.1. The smallest absolute Gasteiger partial charge is 0.278 e. The third-order valence-electron chi connectivity index (χ3n) is 5.29. The summed E-state index contributed by atoms with van der Waals surface area (Å²) in [6.45, 7) is 0. The molecule has 0 aliphatic heterocycles. The molecule has 0 bridgehead atoms. The monoisotopic (exact) mass is 617 g/mol. The third-order valence-corrected chi connectivity index (χ3v) is 6.15. The summed E-state index contributed by atoms with van der Waals surface area (Å²) in [6.07, 6.45) is 0. The number of carbonyl (C=O) groups excluding carboxylic acids is 2. The van der Waals surface area contributed by atoms with Crippen LogP contribution in [0.2, 0.25) is 0 Å². The van der Waals surface area contributed by atoms with Crippen molar-refractivity contribution in [1.82, 2.24) is 25.8 Å². The molecule has 0 atom stereocenters. The molecule has 5 rings (SSSR count). The van der Waals surface area contributed by atoms with Crippen LogP contribution in [0, 0.1) is 14.9 Å². The van der Waals surface area contributed by atoms with Gasteiger partial charge in [-0.25, -0.2) is 0 Å². The van der Waals surface area contributed by atoms with Crippen LogP contribution in [0.5, 0.6) is 0 Å². The Bertz CT molecular complexity index is 1800. The number of aromatic amines is 1. The van der Waals surface area contributed by atoms with Crippen molar-refractivity contribution < 1.29 is 14.1 Å². The predicted molar refractivity (Wildman–Crippen MR) is 142 cm³/mol. The first-order valence-electron chi connectivity index (χ1n) is 10.6. The fourth-order valence-electron chi connectivity index (χ4n) is 3.53. The SMILES string of the molecule is N#Cc1ccc(NC(=O)c2noc3ccc(NC(=O)c4ccc(N=[N+]=[N-])c(I)c4)cc23)c(-c2nn[nH]n2)c1. The quantitative estimate of drug-likeness (QED) is 0.103. The molecule has 0 fully saturated rings. The average Bonchev–Trinajstić information content (AvgIpc) is 3.60. The Morgan fingerprint density at radius 2 is 1.97 bits per heavy atom. The van der Waals surface area contributed by atoms with Gasteiger partial charge in [-0.3, -0.25) is 9.59 Å². The molecule has 0 aliphatic rings. The average molecular weight is 617 g/mol. The molecule has 0 radical (unpaired) electrons. The van der Waals surface area contributed by atoms with E-state index in [0.717, 1.165) is 0 Å². The predicted octanol–water partition coefficient (Wildman–Crippen LogP) is 4.93. The molecular formula is C23H12IN11O3. The molecule has 15 heteroatoms. The summed E-state index contributed by atoms with van der Waals surface area (Å²) >= 11 is 1.98. The van der Waals surface area contributed by atoms with Crippen LogP contribution in [0.1, 0.15) is 26.4 Å². The second-order valence-electron chi connectivity index (χ2n) is 7.61. The van der Waals surface area contributed by atoms with E-state index in [1.54, 1.807) is 36.4 Å². The van der Waals surface area contributed by atoms with E-state index < -0.39 is 11.8 Å². The van der Waals surface area contributed by atoms with E-state index in [9.17, 15) is 14.9 Å². The van der Waals surface area contributed by atoms with Gasteiger partial charge in [0.2, 0.25) is 5.82 Å². The molecule has 0 saturated carbocycles. The Hall–Kier alpha value is -5.33. The Morgan fingerprint density at radius 3 is 2.71 bits per heavy atom. The maximum atomic E-state index is 13.2. The van der Waals surface area contributed by atoms with Crippen molar-refractivity contribution in [2.75, 3.05) is 10.6 Å². The number of hydrogen-bond donors (Lipinski definition) is 3. The summed E-state index contributed by atoms with van der Waals surface area (Å²) in [5.41, 5.74) is 11.2. The number of azide groups is 1. The van der Waals surface area contributed by atoms with Crippen molar-refractivity contribution in [1.29, 1.82) is 5.26 Å². The summed E-state index contributed by atoms with van der Waals surface area (Å²) in [5.74, 6) is -0.807. The van der Waals surface area contributed by atoms with Crippen molar-refractivity contribution in [3.8, 4) is 17.5 Å². The van der Waals surface area contributed by atoms with Crippen molar-refractivity contribution in [2.45, 2.75) is 0 Å². The fraction of sp³-hybridized carbons (Fsp3) is 0. The highest BCUT2D eigenvalue weighted by Gasteiger charge is 2.20. The zero-order valence-electron chi connectivity index (χ0n) is 18.9. The minimum Gasteiger partial charge on any atom is -0.355 e. The maximum absolute atomic E-state index is 13.2. The van der Waals surface area contributed by atoms with Gasteiger partial charge in [-0.05, 0) is 81.9 Å². The van der Waals surface area contributed by atoms with E-state index in [4.69, 9.17) is 10.1 Å². The van der Waals surface area contributed by atoms with E-state index >= 15 is 0 Å². The highest BCUT2D eigenvalue weighted by molar-refractivity contribution is 14.1. The molecule has 0 unspecified atom stereocenters. The Balaban J connectivity index is 1.41. The van der Waals surface area contributed by atoms with Crippen molar-refractivity contribution in [3.63, 3.8) is 0 Å². The van der Waals surface area contributed by atoms with Crippen LogP contribution in [0.3, 0.4) is 0 Å². The lowest BCUT2D eigenvalue weighted by molar-refractivity contribution is 0.101. The lowest BCUT2D eigenvalue weighted by atomic mass is 10.1. The Labute approximate surface area is 225 Å².